The Bertz CT molecular complexity index is 381. The molecule has 0 fully saturated rings. The largest absolute Gasteiger partial charge is 0.465 e. The highest BCUT2D eigenvalue weighted by Crippen LogP contribution is 1.99. The molecule has 0 aliphatic heterocycles. The maximum absolute atomic E-state index is 11.4. The van der Waals surface area contributed by atoms with Crippen LogP contribution in [-0.4, -0.2) is 30.3 Å². The Kier molecular flexibility index (Phi) is 6.27. The molecule has 0 radical (unpaired) electrons. The van der Waals surface area contributed by atoms with E-state index in [2.05, 4.69) is 10.8 Å². The van der Waals surface area contributed by atoms with E-state index in [0.717, 1.165) is 0 Å². The van der Waals surface area contributed by atoms with Crippen molar-refractivity contribution in [3.05, 3.63) is 35.9 Å². The lowest BCUT2D eigenvalue weighted by Crippen LogP contribution is -2.24. The van der Waals surface area contributed by atoms with Gasteiger partial charge in [0, 0.05) is 13.1 Å². The van der Waals surface area contributed by atoms with Gasteiger partial charge < -0.3 is 15.3 Å². The summed E-state index contributed by atoms with van der Waals surface area (Å²) in [5.41, 5.74) is 3.03. The average Bonchev–Trinajstić information content (AvgIpc) is 2.38. The van der Waals surface area contributed by atoms with E-state index in [0.29, 0.717) is 31.5 Å². The molecule has 3 N–H and O–H groups in total. The molecule has 0 bridgehead atoms. The van der Waals surface area contributed by atoms with Crippen LogP contribution in [0.5, 0.6) is 0 Å². The third-order valence-electron chi connectivity index (χ3n) is 2.16. The highest BCUT2D eigenvalue weighted by Gasteiger charge is 2.04. The van der Waals surface area contributed by atoms with Crippen LogP contribution in [0.3, 0.4) is 0 Å². The number of hydroxylamine groups is 1. The number of rotatable bonds is 7. The van der Waals surface area contributed by atoms with Gasteiger partial charge >= 0.3 is 12.1 Å². The fraction of sp³-hybridized carbons (Fsp3) is 0.333. The lowest BCUT2D eigenvalue weighted by atomic mass is 10.2. The summed E-state index contributed by atoms with van der Waals surface area (Å²) in [6.45, 7) is 0.878. The predicted octanol–water partition coefficient (Wildman–Crippen LogP) is 1.40. The monoisotopic (exact) mass is 252 g/mol. The van der Waals surface area contributed by atoms with Crippen LogP contribution in [0, 0.1) is 0 Å². The molecular formula is C12H16N2O4. The number of amides is 1. The first-order chi connectivity index (χ1) is 8.70. The Morgan fingerprint density at radius 1 is 1.11 bits per heavy atom. The summed E-state index contributed by atoms with van der Waals surface area (Å²) in [5.74, 6) is -0.431. The highest BCUT2D eigenvalue weighted by atomic mass is 16.7. The number of carbonyl (C=O) groups excluding carboxylic acids is 1. The van der Waals surface area contributed by atoms with Crippen molar-refractivity contribution in [2.75, 3.05) is 13.1 Å². The molecule has 0 saturated carbocycles. The minimum absolute atomic E-state index is 0.393. The van der Waals surface area contributed by atoms with E-state index in [1.54, 1.807) is 24.3 Å². The van der Waals surface area contributed by atoms with Crippen molar-refractivity contribution >= 4 is 12.1 Å². The van der Waals surface area contributed by atoms with E-state index in [9.17, 15) is 9.59 Å². The maximum Gasteiger partial charge on any atom is 0.404 e. The molecule has 0 atom stereocenters. The van der Waals surface area contributed by atoms with E-state index >= 15 is 0 Å². The van der Waals surface area contributed by atoms with E-state index in [-0.39, 0.29) is 0 Å². The van der Waals surface area contributed by atoms with Crippen molar-refractivity contribution < 1.29 is 19.5 Å². The summed E-state index contributed by atoms with van der Waals surface area (Å²) >= 11 is 0. The lowest BCUT2D eigenvalue weighted by Gasteiger charge is -2.05. The fourth-order valence-corrected chi connectivity index (χ4v) is 1.27. The van der Waals surface area contributed by atoms with Crippen molar-refractivity contribution in [3.8, 4) is 0 Å². The van der Waals surface area contributed by atoms with E-state index in [1.807, 2.05) is 6.07 Å². The van der Waals surface area contributed by atoms with Crippen LogP contribution in [0.1, 0.15) is 23.2 Å². The van der Waals surface area contributed by atoms with Crippen molar-refractivity contribution in [2.24, 2.45) is 0 Å². The SMILES string of the molecule is O=C(O)NCCCCNOC(=O)c1ccccc1. The molecule has 1 amide bonds. The number of hydrogen-bond acceptors (Lipinski definition) is 4. The standard InChI is InChI=1S/C12H16N2O4/c15-11(10-6-2-1-3-7-10)18-14-9-5-4-8-13-12(16)17/h1-3,6-7,13-14H,4-5,8-9H2,(H,16,17). The van der Waals surface area contributed by atoms with Crippen LogP contribution in [0.25, 0.3) is 0 Å². The minimum atomic E-state index is -1.03. The third-order valence-corrected chi connectivity index (χ3v) is 2.16. The molecule has 18 heavy (non-hydrogen) atoms. The van der Waals surface area contributed by atoms with Crippen LogP contribution < -0.4 is 10.8 Å². The van der Waals surface area contributed by atoms with E-state index < -0.39 is 12.1 Å². The van der Waals surface area contributed by atoms with Gasteiger partial charge in [0.1, 0.15) is 0 Å². The van der Waals surface area contributed by atoms with Gasteiger partial charge in [-0.3, -0.25) is 0 Å². The number of carbonyl (C=O) groups is 2. The molecule has 0 unspecified atom stereocenters. The quantitative estimate of drug-likeness (QED) is 0.504. The van der Waals surface area contributed by atoms with Crippen LogP contribution in [0.15, 0.2) is 30.3 Å². The summed E-state index contributed by atoms with van der Waals surface area (Å²) in [6, 6.07) is 8.67. The number of carboxylic acid groups (broad SMARTS) is 1. The van der Waals surface area contributed by atoms with Gasteiger partial charge in [-0.2, -0.15) is 5.48 Å². The van der Waals surface area contributed by atoms with Crippen molar-refractivity contribution in [3.63, 3.8) is 0 Å². The fourth-order valence-electron chi connectivity index (χ4n) is 1.27. The molecule has 1 rings (SSSR count). The predicted molar refractivity (Wildman–Crippen MR) is 65.1 cm³/mol. The molecule has 0 saturated heterocycles. The lowest BCUT2D eigenvalue weighted by molar-refractivity contribution is 0.0251. The molecule has 1 aromatic rings. The van der Waals surface area contributed by atoms with Crippen LogP contribution in [-0.2, 0) is 4.84 Å². The molecule has 0 aliphatic rings. The molecule has 0 aromatic heterocycles. The second-order valence-corrected chi connectivity index (χ2v) is 3.59. The van der Waals surface area contributed by atoms with Gasteiger partial charge in [-0.05, 0) is 25.0 Å². The molecular weight excluding hydrogens is 236 g/mol. The average molecular weight is 252 g/mol. The number of benzene rings is 1. The first kappa shape index (κ1) is 14.0. The molecule has 0 aliphatic carbocycles. The number of nitrogens with one attached hydrogen (secondary N) is 2. The van der Waals surface area contributed by atoms with Crippen molar-refractivity contribution in [2.45, 2.75) is 12.8 Å². The van der Waals surface area contributed by atoms with Crippen LogP contribution in [0.2, 0.25) is 0 Å². The Balaban J connectivity index is 2.05. The number of unbranched alkanes of at least 4 members (excludes halogenated alkanes) is 1. The summed E-state index contributed by atoms with van der Waals surface area (Å²) in [5, 5.41) is 10.6. The zero-order valence-corrected chi connectivity index (χ0v) is 9.89. The summed E-state index contributed by atoms with van der Waals surface area (Å²) in [6.07, 6.45) is 0.364. The Morgan fingerprint density at radius 2 is 1.78 bits per heavy atom. The van der Waals surface area contributed by atoms with Gasteiger partial charge in [0.15, 0.2) is 0 Å². The second kappa shape index (κ2) is 8.08. The highest BCUT2D eigenvalue weighted by molar-refractivity contribution is 5.89. The number of hydrogen-bond donors (Lipinski definition) is 3. The molecule has 98 valence electrons. The zero-order valence-electron chi connectivity index (χ0n) is 9.89. The molecule has 0 heterocycles. The van der Waals surface area contributed by atoms with Crippen molar-refractivity contribution in [1.82, 2.24) is 10.8 Å². The summed E-state index contributed by atoms with van der Waals surface area (Å²) in [4.78, 5) is 26.4. The topological polar surface area (TPSA) is 87.7 Å². The van der Waals surface area contributed by atoms with Gasteiger partial charge in [-0.1, -0.05) is 18.2 Å². The van der Waals surface area contributed by atoms with Gasteiger partial charge in [-0.25, -0.2) is 9.59 Å². The van der Waals surface area contributed by atoms with E-state index in [1.165, 1.54) is 0 Å². The molecule has 1 aromatic carbocycles. The zero-order chi connectivity index (χ0) is 13.2. The Morgan fingerprint density at radius 3 is 2.44 bits per heavy atom. The maximum atomic E-state index is 11.4. The first-order valence-corrected chi connectivity index (χ1v) is 5.66. The normalized spacial score (nSPS) is 9.78. The smallest absolute Gasteiger partial charge is 0.404 e. The Labute approximate surface area is 105 Å². The van der Waals surface area contributed by atoms with Gasteiger partial charge in [0.2, 0.25) is 0 Å². The van der Waals surface area contributed by atoms with Crippen LogP contribution >= 0.6 is 0 Å². The third kappa shape index (κ3) is 5.86. The van der Waals surface area contributed by atoms with Gasteiger partial charge in [0.05, 0.1) is 5.56 Å². The molecule has 6 nitrogen and oxygen atoms in total. The molecule has 0 spiro atoms. The van der Waals surface area contributed by atoms with Gasteiger partial charge in [-0.15, -0.1) is 0 Å². The first-order valence-electron chi connectivity index (χ1n) is 5.66. The van der Waals surface area contributed by atoms with E-state index in [4.69, 9.17) is 9.94 Å². The van der Waals surface area contributed by atoms with Crippen molar-refractivity contribution in [1.29, 1.82) is 0 Å². The summed E-state index contributed by atoms with van der Waals surface area (Å²) in [7, 11) is 0. The molecule has 6 heteroatoms. The van der Waals surface area contributed by atoms with Crippen LogP contribution in [0.4, 0.5) is 4.79 Å². The summed E-state index contributed by atoms with van der Waals surface area (Å²) < 4.78 is 0. The van der Waals surface area contributed by atoms with Gasteiger partial charge in [0.25, 0.3) is 0 Å². The minimum Gasteiger partial charge on any atom is -0.465 e. The second-order valence-electron chi connectivity index (χ2n) is 3.59. The Hall–Kier alpha value is -2.08.